The maximum absolute atomic E-state index is 5.10. The van der Waals surface area contributed by atoms with Crippen molar-refractivity contribution in [2.75, 3.05) is 6.67 Å². The quantitative estimate of drug-likeness (QED) is 0.181. The van der Waals surface area contributed by atoms with Crippen molar-refractivity contribution in [1.29, 1.82) is 0 Å². The summed E-state index contributed by atoms with van der Waals surface area (Å²) in [7, 11) is 0. The van der Waals surface area contributed by atoms with Crippen LogP contribution in [0.3, 0.4) is 0 Å². The Morgan fingerprint density at radius 3 is 1.24 bits per heavy atom. The van der Waals surface area contributed by atoms with Gasteiger partial charge in [-0.2, -0.15) is 0 Å². The maximum atomic E-state index is 5.10. The van der Waals surface area contributed by atoms with Gasteiger partial charge in [-0.3, -0.25) is 9.98 Å². The van der Waals surface area contributed by atoms with Crippen LogP contribution < -0.4 is 5.32 Å². The Labute approximate surface area is 308 Å². The van der Waals surface area contributed by atoms with E-state index in [1.54, 1.807) is 50.0 Å². The Balaban J connectivity index is 1.25. The van der Waals surface area contributed by atoms with Gasteiger partial charge in [0.15, 0.2) is 0 Å². The zero-order valence-electron chi connectivity index (χ0n) is 28.4. The smallest absolute Gasteiger partial charge is 0.116 e. The van der Waals surface area contributed by atoms with E-state index in [9.17, 15) is 0 Å². The van der Waals surface area contributed by atoms with Crippen LogP contribution in [0.25, 0.3) is 78.7 Å². The molecule has 2 aromatic carbocycles. The average Bonchev–Trinajstić information content (AvgIpc) is 3.27. The number of allylic oxidation sites excluding steroid dienone is 1. The number of aliphatic imine (C=N–C) groups is 1. The summed E-state index contributed by atoms with van der Waals surface area (Å²) in [5.74, 6) is 0. The van der Waals surface area contributed by atoms with Crippen LogP contribution in [0.1, 0.15) is 5.56 Å². The average molecular weight is 702 g/mol. The highest BCUT2D eigenvalue weighted by molar-refractivity contribution is 6.18. The van der Waals surface area contributed by atoms with Gasteiger partial charge >= 0.3 is 0 Å². The Kier molecular flexibility index (Phi) is 8.59. The highest BCUT2D eigenvalue weighted by Gasteiger charge is 2.25. The number of rotatable bonds is 8. The molecule has 0 amide bonds. The third-order valence-corrected chi connectivity index (χ3v) is 8.95. The largest absolute Gasteiger partial charge is 0.372 e. The van der Waals surface area contributed by atoms with Crippen molar-refractivity contribution in [2.45, 2.75) is 0 Å². The predicted molar refractivity (Wildman–Crippen MR) is 204 cm³/mol. The Morgan fingerprint density at radius 2 is 0.815 bits per heavy atom. The van der Waals surface area contributed by atoms with Crippen molar-refractivity contribution in [3.63, 3.8) is 0 Å². The van der Waals surface area contributed by atoms with Crippen LogP contribution in [0.4, 0.5) is 0 Å². The molecule has 1 N–H and O–H groups in total. The molecule has 0 aliphatic carbocycles. The highest BCUT2D eigenvalue weighted by atomic mass is 15.0. The van der Waals surface area contributed by atoms with Crippen molar-refractivity contribution in [2.24, 2.45) is 4.99 Å². The van der Waals surface area contributed by atoms with Crippen molar-refractivity contribution >= 4 is 5.71 Å². The molecule has 8 aromatic rings. The van der Waals surface area contributed by atoms with Crippen molar-refractivity contribution in [3.05, 3.63) is 153 Å². The minimum Gasteiger partial charge on any atom is -0.372 e. The van der Waals surface area contributed by atoms with E-state index in [0.717, 1.165) is 89.9 Å². The monoisotopic (exact) mass is 701 g/mol. The molecule has 0 radical (unpaired) electrons. The topological polar surface area (TPSA) is 166 Å². The van der Waals surface area contributed by atoms with Gasteiger partial charge in [-0.15, -0.1) is 0 Å². The number of benzene rings is 2. The summed E-state index contributed by atoms with van der Waals surface area (Å²) in [6.45, 7) is 0.435. The van der Waals surface area contributed by atoms with E-state index in [4.69, 9.17) is 15.0 Å². The minimum atomic E-state index is 0.435. The second-order valence-corrected chi connectivity index (χ2v) is 12.0. The normalized spacial score (nSPS) is 12.2. The van der Waals surface area contributed by atoms with E-state index < -0.39 is 0 Å². The number of hydrogen-bond acceptors (Lipinski definition) is 13. The number of hydrogen-bond donors (Lipinski definition) is 1. The van der Waals surface area contributed by atoms with Crippen LogP contribution in [0.2, 0.25) is 0 Å². The molecular weight excluding hydrogens is 675 g/mol. The van der Waals surface area contributed by atoms with E-state index in [-0.39, 0.29) is 0 Å². The third-order valence-electron chi connectivity index (χ3n) is 8.95. The van der Waals surface area contributed by atoms with E-state index in [0.29, 0.717) is 6.67 Å². The Bertz CT molecular complexity index is 2620. The number of nitrogens with zero attached hydrogens (tertiary/aromatic N) is 12. The lowest BCUT2D eigenvalue weighted by Gasteiger charge is -2.20. The number of aromatic nitrogens is 11. The summed E-state index contributed by atoms with van der Waals surface area (Å²) in [5.41, 5.74) is 13.1. The van der Waals surface area contributed by atoms with E-state index in [1.807, 2.05) is 67.0 Å². The predicted octanol–water partition coefficient (Wildman–Crippen LogP) is 6.56. The fourth-order valence-electron chi connectivity index (χ4n) is 6.62. The number of nitrogens with one attached hydrogen (secondary N) is 1. The summed E-state index contributed by atoms with van der Waals surface area (Å²) in [6, 6.07) is 21.8. The standard InChI is InChI=1S/C41H27N13/c1-6-31(28-4-5-30(33-8-14-43-21-50-33)41(37-12-18-47-25-54-37)40(28)36-11-17-46-24-53-36)48-19-26(1)27-2-3-29(32-7-13-42-20-49-32)39(35-10-16-45-23-52-35)38(27)34-9-15-44-22-51-34/h1-23,25,46H,24H2. The lowest BCUT2D eigenvalue weighted by atomic mass is 9.86. The molecule has 0 spiro atoms. The SMILES string of the molecule is C1=CC(c2c(-c3ccc(-c4ccc(-c5ccncn5)c(-c5ccncn5)c4-c4ccncn4)cn3)ccc(-c3ccncn3)c2-c2ccncn2)=NCN1. The van der Waals surface area contributed by atoms with E-state index in [2.05, 4.69) is 68.4 Å². The van der Waals surface area contributed by atoms with Crippen LogP contribution in [0, 0.1) is 0 Å². The van der Waals surface area contributed by atoms with Gasteiger partial charge in [0.1, 0.15) is 38.3 Å². The molecule has 1 aliphatic heterocycles. The molecule has 0 bridgehead atoms. The van der Waals surface area contributed by atoms with Gasteiger partial charge in [-0.1, -0.05) is 30.3 Å². The minimum absolute atomic E-state index is 0.435. The van der Waals surface area contributed by atoms with Crippen LogP contribution in [0.5, 0.6) is 0 Å². The molecule has 0 saturated heterocycles. The third kappa shape index (κ3) is 6.11. The van der Waals surface area contributed by atoms with Crippen LogP contribution in [-0.2, 0) is 0 Å². The van der Waals surface area contributed by atoms with Crippen molar-refractivity contribution in [3.8, 4) is 78.7 Å². The molecule has 13 nitrogen and oxygen atoms in total. The van der Waals surface area contributed by atoms with Gasteiger partial charge in [-0.05, 0) is 54.2 Å². The van der Waals surface area contributed by atoms with Crippen LogP contribution in [0.15, 0.2) is 153 Å². The van der Waals surface area contributed by atoms with Crippen LogP contribution >= 0.6 is 0 Å². The van der Waals surface area contributed by atoms with Gasteiger partial charge in [0.05, 0.1) is 39.9 Å². The first-order chi connectivity index (χ1) is 26.8. The zero-order valence-corrected chi connectivity index (χ0v) is 28.4. The molecule has 7 heterocycles. The van der Waals surface area contributed by atoms with Gasteiger partial charge in [0, 0.05) is 81.7 Å². The number of pyridine rings is 1. The Hall–Kier alpha value is -7.80. The van der Waals surface area contributed by atoms with Crippen LogP contribution in [-0.4, -0.2) is 67.2 Å². The fraction of sp³-hybridized carbons (Fsp3) is 0.0244. The van der Waals surface area contributed by atoms with Gasteiger partial charge < -0.3 is 5.32 Å². The van der Waals surface area contributed by atoms with Crippen molar-refractivity contribution in [1.82, 2.24) is 60.1 Å². The fourth-order valence-corrected chi connectivity index (χ4v) is 6.62. The first-order valence-corrected chi connectivity index (χ1v) is 16.9. The molecule has 13 heteroatoms. The first-order valence-electron chi connectivity index (χ1n) is 16.9. The molecule has 0 atom stereocenters. The molecule has 0 unspecified atom stereocenters. The maximum Gasteiger partial charge on any atom is 0.116 e. The van der Waals surface area contributed by atoms with Crippen molar-refractivity contribution < 1.29 is 0 Å². The van der Waals surface area contributed by atoms with Gasteiger partial charge in [0.25, 0.3) is 0 Å². The molecule has 256 valence electrons. The lowest BCUT2D eigenvalue weighted by Crippen LogP contribution is -2.16. The summed E-state index contributed by atoms with van der Waals surface area (Å²) in [6.07, 6.45) is 22.1. The molecule has 6 aromatic heterocycles. The summed E-state index contributed by atoms with van der Waals surface area (Å²) >= 11 is 0. The van der Waals surface area contributed by atoms with Gasteiger partial charge in [-0.25, -0.2) is 49.8 Å². The summed E-state index contributed by atoms with van der Waals surface area (Å²) < 4.78 is 0. The zero-order chi connectivity index (χ0) is 36.1. The molecule has 9 rings (SSSR count). The molecule has 0 saturated carbocycles. The molecular formula is C41H27N13. The lowest BCUT2D eigenvalue weighted by molar-refractivity contribution is 0.874. The first kappa shape index (κ1) is 32.1. The molecule has 0 fully saturated rings. The summed E-state index contributed by atoms with van der Waals surface area (Å²) in [5, 5.41) is 3.17. The highest BCUT2D eigenvalue weighted by Crippen LogP contribution is 2.44. The Morgan fingerprint density at radius 1 is 0.389 bits per heavy atom. The van der Waals surface area contributed by atoms with Gasteiger partial charge in [0.2, 0.25) is 0 Å². The van der Waals surface area contributed by atoms with E-state index >= 15 is 0 Å². The molecule has 1 aliphatic rings. The molecule has 54 heavy (non-hydrogen) atoms. The second-order valence-electron chi connectivity index (χ2n) is 12.0. The summed E-state index contributed by atoms with van der Waals surface area (Å²) in [4.78, 5) is 54.1. The second kappa shape index (κ2) is 14.4. The van der Waals surface area contributed by atoms with E-state index in [1.165, 1.54) is 12.7 Å².